The Hall–Kier alpha value is -1.52. The van der Waals surface area contributed by atoms with Crippen molar-refractivity contribution in [1.29, 1.82) is 0 Å². The number of rotatable bonds is 4. The lowest BCUT2D eigenvalue weighted by molar-refractivity contribution is -0.142. The molecule has 4 N–H and O–H groups in total. The molecule has 0 bridgehead atoms. The number of carboxylic acids is 1. The number of carbonyl (C=O) groups is 1. The van der Waals surface area contributed by atoms with E-state index in [-0.39, 0.29) is 5.75 Å². The van der Waals surface area contributed by atoms with E-state index in [0.717, 1.165) is 20.8 Å². The second-order valence-electron chi connectivity index (χ2n) is 5.51. The molecule has 1 saturated heterocycles. The molecule has 9 heteroatoms. The number of sulfonamides is 1. The summed E-state index contributed by atoms with van der Waals surface area (Å²) in [5.41, 5.74) is 0.695. The molecule has 2 aromatic rings. The van der Waals surface area contributed by atoms with Crippen molar-refractivity contribution in [3.8, 4) is 0 Å². The number of hydrogen-bond donors (Lipinski definition) is 3. The second-order valence-corrected chi connectivity index (χ2v) is 8.38. The molecular formula is C15H20N2O5S2. The van der Waals surface area contributed by atoms with Gasteiger partial charge in [-0.3, -0.25) is 4.79 Å². The minimum Gasteiger partial charge on any atom is -0.480 e. The van der Waals surface area contributed by atoms with Crippen molar-refractivity contribution in [3.05, 3.63) is 35.2 Å². The van der Waals surface area contributed by atoms with Crippen LogP contribution < -0.4 is 5.90 Å². The molecule has 3 rings (SSSR count). The molecule has 132 valence electrons. The highest BCUT2D eigenvalue weighted by Gasteiger charge is 2.36. The minimum absolute atomic E-state index is 0.150. The molecule has 0 radical (unpaired) electrons. The molecule has 1 aromatic carbocycles. The zero-order chi connectivity index (χ0) is 17.7. The highest BCUT2D eigenvalue weighted by Crippen LogP contribution is 2.26. The molecule has 7 nitrogen and oxygen atoms in total. The lowest BCUT2D eigenvalue weighted by Crippen LogP contribution is -2.48. The normalized spacial score (nSPS) is 18.8. The summed E-state index contributed by atoms with van der Waals surface area (Å²) in [5.74, 6) is 2.29. The van der Waals surface area contributed by atoms with E-state index in [0.29, 0.717) is 24.9 Å². The number of hydrogen-bond acceptors (Lipinski definition) is 6. The smallest absolute Gasteiger partial charge is 0.322 e. The van der Waals surface area contributed by atoms with E-state index in [1.807, 2.05) is 23.6 Å². The monoisotopic (exact) mass is 372 g/mol. The summed E-state index contributed by atoms with van der Waals surface area (Å²) >= 11 is 1.61. The fourth-order valence-electron chi connectivity index (χ4n) is 2.88. The van der Waals surface area contributed by atoms with Gasteiger partial charge in [-0.25, -0.2) is 14.3 Å². The Kier molecular flexibility index (Phi) is 6.30. The van der Waals surface area contributed by atoms with Gasteiger partial charge in [-0.1, -0.05) is 6.07 Å². The Morgan fingerprint density at radius 1 is 1.29 bits per heavy atom. The summed E-state index contributed by atoms with van der Waals surface area (Å²) in [6, 6.07) is 6.61. The summed E-state index contributed by atoms with van der Waals surface area (Å²) in [4.78, 5) is 11.3. The Bertz CT molecular complexity index is 803. The molecule has 0 amide bonds. The minimum atomic E-state index is -3.63. The average molecular weight is 372 g/mol. The van der Waals surface area contributed by atoms with Crippen molar-refractivity contribution in [2.24, 2.45) is 5.90 Å². The molecule has 1 fully saturated rings. The van der Waals surface area contributed by atoms with E-state index in [1.165, 1.54) is 0 Å². The largest absolute Gasteiger partial charge is 0.480 e. The zero-order valence-corrected chi connectivity index (χ0v) is 14.6. The number of piperidine rings is 1. The van der Waals surface area contributed by atoms with Gasteiger partial charge in [-0.2, -0.15) is 4.31 Å². The molecular weight excluding hydrogens is 352 g/mol. The molecule has 2 heterocycles. The van der Waals surface area contributed by atoms with Gasteiger partial charge in [0, 0.05) is 11.2 Å². The first-order chi connectivity index (χ1) is 11.5. The van der Waals surface area contributed by atoms with E-state index < -0.39 is 22.0 Å². The maximum absolute atomic E-state index is 12.6. The number of thiophene rings is 1. The Balaban J connectivity index is 0.00000100. The Labute approximate surface area is 144 Å². The van der Waals surface area contributed by atoms with Gasteiger partial charge in [0.15, 0.2) is 0 Å². The standard InChI is InChI=1S/C15H17NO4S2.H3NO/c17-15(18)13-3-1-2-7-16(13)22(19,20)10-11-4-5-14-12(9-11)6-8-21-14;1-2/h4-6,8-9,13H,1-3,7,10H2,(H,17,18);2H,1H2/t13-;/m1./s1. The van der Waals surface area contributed by atoms with Gasteiger partial charge in [-0.05, 0) is 53.8 Å². The highest BCUT2D eigenvalue weighted by atomic mass is 32.2. The van der Waals surface area contributed by atoms with Crippen LogP contribution in [0.25, 0.3) is 10.1 Å². The number of nitrogens with zero attached hydrogens (tertiary/aromatic N) is 1. The predicted octanol–water partition coefficient (Wildman–Crippen LogP) is 2.00. The first-order valence-corrected chi connectivity index (χ1v) is 9.90. The van der Waals surface area contributed by atoms with Gasteiger partial charge in [0.05, 0.1) is 5.75 Å². The van der Waals surface area contributed by atoms with Crippen LogP contribution in [0.4, 0.5) is 0 Å². The summed E-state index contributed by atoms with van der Waals surface area (Å²) in [5, 5.41) is 18.7. The third-order valence-corrected chi connectivity index (χ3v) is 6.71. The van der Waals surface area contributed by atoms with Gasteiger partial charge >= 0.3 is 5.97 Å². The van der Waals surface area contributed by atoms with Crippen molar-refractivity contribution in [2.75, 3.05) is 6.54 Å². The lowest BCUT2D eigenvalue weighted by Gasteiger charge is -2.31. The van der Waals surface area contributed by atoms with Crippen LogP contribution in [-0.2, 0) is 20.6 Å². The SMILES string of the molecule is NO.O=C(O)[C@H]1CCCCN1S(=O)(=O)Cc1ccc2sccc2c1. The fourth-order valence-corrected chi connectivity index (χ4v) is 5.41. The van der Waals surface area contributed by atoms with Crippen molar-refractivity contribution in [3.63, 3.8) is 0 Å². The lowest BCUT2D eigenvalue weighted by atomic mass is 10.1. The summed E-state index contributed by atoms with van der Waals surface area (Å²) < 4.78 is 27.5. The molecule has 0 spiro atoms. The number of aliphatic carboxylic acids is 1. The van der Waals surface area contributed by atoms with Gasteiger partial charge in [0.25, 0.3) is 0 Å². The van der Waals surface area contributed by atoms with Crippen LogP contribution in [0.1, 0.15) is 24.8 Å². The van der Waals surface area contributed by atoms with E-state index in [1.54, 1.807) is 17.4 Å². The number of carboxylic acid groups (broad SMARTS) is 1. The van der Waals surface area contributed by atoms with Gasteiger partial charge < -0.3 is 10.3 Å². The fraction of sp³-hybridized carbons (Fsp3) is 0.400. The molecule has 24 heavy (non-hydrogen) atoms. The zero-order valence-electron chi connectivity index (χ0n) is 13.0. The Morgan fingerprint density at radius 3 is 2.75 bits per heavy atom. The van der Waals surface area contributed by atoms with Gasteiger partial charge in [0.2, 0.25) is 10.0 Å². The number of nitrogens with two attached hydrogens (primary N) is 1. The van der Waals surface area contributed by atoms with E-state index in [4.69, 9.17) is 5.21 Å². The third-order valence-electron chi connectivity index (χ3n) is 3.96. The maximum Gasteiger partial charge on any atom is 0.322 e. The summed E-state index contributed by atoms with van der Waals surface area (Å²) in [6.45, 7) is 0.292. The molecule has 0 aliphatic carbocycles. The summed E-state index contributed by atoms with van der Waals surface area (Å²) in [6.07, 6.45) is 1.86. The van der Waals surface area contributed by atoms with E-state index in [2.05, 4.69) is 5.90 Å². The van der Waals surface area contributed by atoms with Crippen molar-refractivity contribution in [1.82, 2.24) is 4.31 Å². The molecule has 1 aromatic heterocycles. The van der Waals surface area contributed by atoms with Crippen molar-refractivity contribution >= 4 is 37.4 Å². The first-order valence-electron chi connectivity index (χ1n) is 7.42. The van der Waals surface area contributed by atoms with E-state index >= 15 is 0 Å². The molecule has 1 aliphatic rings. The quantitative estimate of drug-likeness (QED) is 0.706. The Morgan fingerprint density at radius 2 is 2.04 bits per heavy atom. The van der Waals surface area contributed by atoms with Crippen LogP contribution in [0.3, 0.4) is 0 Å². The predicted molar refractivity (Wildman–Crippen MR) is 92.4 cm³/mol. The molecule has 1 atom stereocenters. The van der Waals surface area contributed by atoms with Crippen LogP contribution in [0.15, 0.2) is 29.6 Å². The average Bonchev–Trinajstić information content (AvgIpc) is 3.04. The third kappa shape index (κ3) is 4.11. The van der Waals surface area contributed by atoms with E-state index in [9.17, 15) is 18.3 Å². The van der Waals surface area contributed by atoms with Crippen LogP contribution in [0, 0.1) is 0 Å². The highest BCUT2D eigenvalue weighted by molar-refractivity contribution is 7.88. The maximum atomic E-state index is 12.6. The van der Waals surface area contributed by atoms with Crippen molar-refractivity contribution in [2.45, 2.75) is 31.1 Å². The number of fused-ring (bicyclic) bond motifs is 1. The molecule has 1 aliphatic heterocycles. The van der Waals surface area contributed by atoms with Crippen LogP contribution in [-0.4, -0.2) is 41.6 Å². The summed E-state index contributed by atoms with van der Waals surface area (Å²) in [7, 11) is -3.63. The van der Waals surface area contributed by atoms with Crippen LogP contribution >= 0.6 is 11.3 Å². The van der Waals surface area contributed by atoms with Gasteiger partial charge in [-0.15, -0.1) is 11.3 Å². The number of benzene rings is 1. The van der Waals surface area contributed by atoms with Crippen LogP contribution in [0.2, 0.25) is 0 Å². The first kappa shape index (κ1) is 18.8. The van der Waals surface area contributed by atoms with Crippen LogP contribution in [0.5, 0.6) is 0 Å². The molecule has 0 unspecified atom stereocenters. The molecule has 0 saturated carbocycles. The van der Waals surface area contributed by atoms with Crippen molar-refractivity contribution < 1.29 is 23.5 Å². The second kappa shape index (κ2) is 8.04. The van der Waals surface area contributed by atoms with Gasteiger partial charge in [0.1, 0.15) is 6.04 Å². The topological polar surface area (TPSA) is 121 Å².